The van der Waals surface area contributed by atoms with Crippen LogP contribution in [-0.4, -0.2) is 22.6 Å². The molecule has 0 aromatic carbocycles. The van der Waals surface area contributed by atoms with Gasteiger partial charge in [-0.05, 0) is 26.7 Å². The van der Waals surface area contributed by atoms with Crippen molar-refractivity contribution in [1.29, 1.82) is 0 Å². The highest BCUT2D eigenvalue weighted by molar-refractivity contribution is 7.09. The van der Waals surface area contributed by atoms with E-state index in [0.29, 0.717) is 12.5 Å². The first-order chi connectivity index (χ1) is 11.7. The SMILES string of the molecule is CCNC(=NCc1cc(C(CC)CC)no1)NCc1scnc1C. The second-order valence-corrected chi connectivity index (χ2v) is 6.58. The first-order valence-corrected chi connectivity index (χ1v) is 9.42. The molecule has 2 aromatic rings. The van der Waals surface area contributed by atoms with Gasteiger partial charge in [0.05, 0.1) is 23.4 Å². The van der Waals surface area contributed by atoms with Crippen molar-refractivity contribution in [3.63, 3.8) is 0 Å². The van der Waals surface area contributed by atoms with Crippen LogP contribution in [0.4, 0.5) is 0 Å². The van der Waals surface area contributed by atoms with Gasteiger partial charge in [0.2, 0.25) is 0 Å². The first-order valence-electron chi connectivity index (χ1n) is 8.54. The Labute approximate surface area is 147 Å². The molecule has 0 unspecified atom stereocenters. The van der Waals surface area contributed by atoms with Gasteiger partial charge in [0, 0.05) is 23.4 Å². The van der Waals surface area contributed by atoms with Crippen LogP contribution in [0.5, 0.6) is 0 Å². The molecule has 0 saturated heterocycles. The Balaban J connectivity index is 1.96. The number of aryl methyl sites for hydroxylation is 1. The van der Waals surface area contributed by atoms with Crippen molar-refractivity contribution in [3.05, 3.63) is 33.6 Å². The molecule has 24 heavy (non-hydrogen) atoms. The van der Waals surface area contributed by atoms with Gasteiger partial charge < -0.3 is 15.2 Å². The summed E-state index contributed by atoms with van der Waals surface area (Å²) in [5.41, 5.74) is 3.96. The van der Waals surface area contributed by atoms with Crippen molar-refractivity contribution >= 4 is 17.3 Å². The zero-order valence-corrected chi connectivity index (χ0v) is 15.7. The predicted molar refractivity (Wildman–Crippen MR) is 98.3 cm³/mol. The summed E-state index contributed by atoms with van der Waals surface area (Å²) in [4.78, 5) is 10.1. The third-order valence-corrected chi connectivity index (χ3v) is 4.91. The Morgan fingerprint density at radius 2 is 2.08 bits per heavy atom. The largest absolute Gasteiger partial charge is 0.359 e. The summed E-state index contributed by atoms with van der Waals surface area (Å²) in [5, 5.41) is 10.8. The topological polar surface area (TPSA) is 75.3 Å². The molecule has 2 heterocycles. The van der Waals surface area contributed by atoms with Crippen molar-refractivity contribution in [2.75, 3.05) is 6.54 Å². The summed E-state index contributed by atoms with van der Waals surface area (Å²) in [6, 6.07) is 2.03. The van der Waals surface area contributed by atoms with E-state index in [4.69, 9.17) is 4.52 Å². The van der Waals surface area contributed by atoms with Crippen LogP contribution in [0.15, 0.2) is 21.1 Å². The molecule has 0 aliphatic carbocycles. The van der Waals surface area contributed by atoms with E-state index >= 15 is 0 Å². The van der Waals surface area contributed by atoms with Gasteiger partial charge in [-0.15, -0.1) is 11.3 Å². The molecule has 0 aliphatic heterocycles. The van der Waals surface area contributed by atoms with Crippen LogP contribution < -0.4 is 10.6 Å². The van der Waals surface area contributed by atoms with Gasteiger partial charge in [-0.1, -0.05) is 19.0 Å². The molecule has 0 fully saturated rings. The Kier molecular flexibility index (Phi) is 7.24. The minimum atomic E-state index is 0.465. The molecular formula is C17H27N5OS. The number of nitrogens with one attached hydrogen (secondary N) is 2. The minimum Gasteiger partial charge on any atom is -0.359 e. The van der Waals surface area contributed by atoms with Crippen LogP contribution in [0.1, 0.15) is 61.6 Å². The Bertz CT molecular complexity index is 645. The van der Waals surface area contributed by atoms with Crippen LogP contribution in [0, 0.1) is 6.92 Å². The summed E-state index contributed by atoms with van der Waals surface area (Å²) in [6.07, 6.45) is 2.15. The van der Waals surface area contributed by atoms with Crippen molar-refractivity contribution in [1.82, 2.24) is 20.8 Å². The Morgan fingerprint density at radius 3 is 2.71 bits per heavy atom. The molecule has 0 spiro atoms. The van der Waals surface area contributed by atoms with Gasteiger partial charge in [0.25, 0.3) is 0 Å². The van der Waals surface area contributed by atoms with Gasteiger partial charge >= 0.3 is 0 Å². The third kappa shape index (κ3) is 5.06. The maximum Gasteiger partial charge on any atom is 0.191 e. The molecule has 132 valence electrons. The first kappa shape index (κ1) is 18.4. The van der Waals surface area contributed by atoms with Crippen molar-refractivity contribution in [2.24, 2.45) is 4.99 Å². The number of nitrogens with zero attached hydrogens (tertiary/aromatic N) is 3. The van der Waals surface area contributed by atoms with Crippen molar-refractivity contribution in [3.8, 4) is 0 Å². The van der Waals surface area contributed by atoms with Crippen LogP contribution in [0.2, 0.25) is 0 Å². The van der Waals surface area contributed by atoms with Gasteiger partial charge in [-0.3, -0.25) is 0 Å². The molecule has 7 heteroatoms. The maximum atomic E-state index is 5.43. The maximum absolute atomic E-state index is 5.43. The van der Waals surface area contributed by atoms with E-state index in [-0.39, 0.29) is 0 Å². The van der Waals surface area contributed by atoms with Crippen LogP contribution >= 0.6 is 11.3 Å². The number of aliphatic imine (C=N–C) groups is 1. The highest BCUT2D eigenvalue weighted by Gasteiger charge is 2.12. The fourth-order valence-electron chi connectivity index (χ4n) is 2.46. The smallest absolute Gasteiger partial charge is 0.191 e. The molecule has 0 saturated carbocycles. The molecule has 0 radical (unpaired) electrons. The summed E-state index contributed by atoms with van der Waals surface area (Å²) < 4.78 is 5.43. The van der Waals surface area contributed by atoms with E-state index in [0.717, 1.165) is 49.0 Å². The average Bonchev–Trinajstić information content (AvgIpc) is 3.21. The van der Waals surface area contributed by atoms with E-state index in [1.807, 2.05) is 18.5 Å². The lowest BCUT2D eigenvalue weighted by atomic mass is 9.99. The van der Waals surface area contributed by atoms with Gasteiger partial charge in [0.15, 0.2) is 11.7 Å². The summed E-state index contributed by atoms with van der Waals surface area (Å²) in [6.45, 7) is 10.4. The highest BCUT2D eigenvalue weighted by atomic mass is 32.1. The predicted octanol–water partition coefficient (Wildman–Crippen LogP) is 3.60. The van der Waals surface area contributed by atoms with E-state index < -0.39 is 0 Å². The van der Waals surface area contributed by atoms with Crippen molar-refractivity contribution < 1.29 is 4.52 Å². The second kappa shape index (κ2) is 9.42. The fourth-order valence-corrected chi connectivity index (χ4v) is 3.18. The molecule has 0 bridgehead atoms. The standard InChI is InChI=1S/C17H27N5OS/c1-5-13(6-2)15-8-14(23-22-15)9-19-17(18-7-3)20-10-16-12(4)21-11-24-16/h8,11,13H,5-7,9-10H2,1-4H3,(H2,18,19,20). The molecule has 2 N–H and O–H groups in total. The second-order valence-electron chi connectivity index (χ2n) is 5.64. The minimum absolute atomic E-state index is 0.465. The average molecular weight is 350 g/mol. The molecule has 6 nitrogen and oxygen atoms in total. The summed E-state index contributed by atoms with van der Waals surface area (Å²) in [7, 11) is 0. The summed E-state index contributed by atoms with van der Waals surface area (Å²) >= 11 is 1.65. The number of aromatic nitrogens is 2. The van der Waals surface area contributed by atoms with Crippen molar-refractivity contribution in [2.45, 2.75) is 59.5 Å². The number of hydrogen-bond donors (Lipinski definition) is 2. The lowest BCUT2D eigenvalue weighted by molar-refractivity contribution is 0.372. The lowest BCUT2D eigenvalue weighted by Gasteiger charge is -2.10. The number of guanidine groups is 1. The van der Waals surface area contributed by atoms with E-state index in [2.05, 4.69) is 46.5 Å². The Hall–Kier alpha value is -1.89. The van der Waals surface area contributed by atoms with Crippen LogP contribution in [-0.2, 0) is 13.1 Å². The van der Waals surface area contributed by atoms with E-state index in [9.17, 15) is 0 Å². The molecule has 0 aliphatic rings. The molecule has 0 amide bonds. The van der Waals surface area contributed by atoms with E-state index in [1.54, 1.807) is 11.3 Å². The summed E-state index contributed by atoms with van der Waals surface area (Å²) in [5.74, 6) is 2.03. The van der Waals surface area contributed by atoms with Gasteiger partial charge in [-0.25, -0.2) is 9.98 Å². The zero-order valence-electron chi connectivity index (χ0n) is 14.9. The van der Waals surface area contributed by atoms with Crippen LogP contribution in [0.3, 0.4) is 0 Å². The Morgan fingerprint density at radius 1 is 1.29 bits per heavy atom. The lowest BCUT2D eigenvalue weighted by Crippen LogP contribution is -2.36. The number of hydrogen-bond acceptors (Lipinski definition) is 5. The monoisotopic (exact) mass is 349 g/mol. The molecular weight excluding hydrogens is 322 g/mol. The fraction of sp³-hybridized carbons (Fsp3) is 0.588. The van der Waals surface area contributed by atoms with E-state index in [1.165, 1.54) is 4.88 Å². The third-order valence-electron chi connectivity index (χ3n) is 3.98. The van der Waals surface area contributed by atoms with Gasteiger partial charge in [0.1, 0.15) is 6.54 Å². The number of rotatable bonds is 8. The zero-order chi connectivity index (χ0) is 17.4. The van der Waals surface area contributed by atoms with Gasteiger partial charge in [-0.2, -0.15) is 0 Å². The quantitative estimate of drug-likeness (QED) is 0.562. The molecule has 2 aromatic heterocycles. The molecule has 2 rings (SSSR count). The number of thiazole rings is 1. The highest BCUT2D eigenvalue weighted by Crippen LogP contribution is 2.22. The molecule has 0 atom stereocenters. The van der Waals surface area contributed by atoms with Crippen LogP contribution in [0.25, 0.3) is 0 Å². The normalized spacial score (nSPS) is 12.0.